The number of benzene rings is 2. The van der Waals surface area contributed by atoms with Crippen LogP contribution in [0.5, 0.6) is 5.75 Å². The minimum atomic E-state index is -0.392. The maximum absolute atomic E-state index is 12.1. The van der Waals surface area contributed by atoms with E-state index in [2.05, 4.69) is 20.9 Å². The summed E-state index contributed by atoms with van der Waals surface area (Å²) in [6.45, 7) is 0. The highest BCUT2D eigenvalue weighted by Gasteiger charge is 2.09. The molecule has 9 heteroatoms. The minimum absolute atomic E-state index is 0.118. The Labute approximate surface area is 177 Å². The normalized spacial score (nSPS) is 10.3. The molecule has 0 atom stereocenters. The van der Waals surface area contributed by atoms with Gasteiger partial charge in [0.2, 0.25) is 5.91 Å². The van der Waals surface area contributed by atoms with Crippen LogP contribution in [0, 0.1) is 0 Å². The highest BCUT2D eigenvalue weighted by Crippen LogP contribution is 2.19. The van der Waals surface area contributed by atoms with Gasteiger partial charge in [-0.25, -0.2) is 9.78 Å². The number of nitrogens with zero attached hydrogens (tertiary/aromatic N) is 1. The van der Waals surface area contributed by atoms with Crippen molar-refractivity contribution in [2.24, 2.45) is 0 Å². The molecule has 2 aromatic carbocycles. The van der Waals surface area contributed by atoms with E-state index in [0.29, 0.717) is 33.7 Å². The number of aryl methyl sites for hydroxylation is 1. The molecule has 0 spiro atoms. The van der Waals surface area contributed by atoms with Gasteiger partial charge in [0.1, 0.15) is 5.75 Å². The van der Waals surface area contributed by atoms with Crippen LogP contribution in [0.3, 0.4) is 0 Å². The fraction of sp³-hybridized carbons (Fsp3) is 0.150. The zero-order chi connectivity index (χ0) is 20.6. The van der Waals surface area contributed by atoms with Gasteiger partial charge in [-0.2, -0.15) is 0 Å². The highest BCUT2D eigenvalue weighted by atomic mass is 35.5. The number of aromatic nitrogens is 1. The predicted octanol–water partition coefficient (Wildman–Crippen LogP) is 5.02. The summed E-state index contributed by atoms with van der Waals surface area (Å²) in [5.74, 6) is 0.590. The van der Waals surface area contributed by atoms with Crippen molar-refractivity contribution in [2.75, 3.05) is 23.1 Å². The molecule has 0 saturated carbocycles. The summed E-state index contributed by atoms with van der Waals surface area (Å²) >= 11 is 7.13. The molecule has 0 unspecified atom stereocenters. The Morgan fingerprint density at radius 1 is 1.00 bits per heavy atom. The first-order valence-electron chi connectivity index (χ1n) is 8.74. The van der Waals surface area contributed by atoms with Crippen molar-refractivity contribution in [3.63, 3.8) is 0 Å². The Kier molecular flexibility index (Phi) is 7.04. The van der Waals surface area contributed by atoms with Gasteiger partial charge in [0.05, 0.1) is 12.8 Å². The summed E-state index contributed by atoms with van der Waals surface area (Å²) < 4.78 is 5.08. The molecule has 1 heterocycles. The van der Waals surface area contributed by atoms with Gasteiger partial charge in [0, 0.05) is 28.2 Å². The third-order valence-electron chi connectivity index (χ3n) is 3.86. The minimum Gasteiger partial charge on any atom is -0.497 e. The molecule has 3 amide bonds. The van der Waals surface area contributed by atoms with Crippen LogP contribution >= 0.6 is 22.9 Å². The fourth-order valence-electron chi connectivity index (χ4n) is 2.41. The predicted molar refractivity (Wildman–Crippen MR) is 116 cm³/mol. The lowest BCUT2D eigenvalue weighted by Gasteiger charge is -2.06. The first kappa shape index (κ1) is 20.6. The lowest BCUT2D eigenvalue weighted by atomic mass is 10.2. The molecular formula is C20H19ClN4O3S. The van der Waals surface area contributed by atoms with Gasteiger partial charge in [0.25, 0.3) is 0 Å². The number of nitrogens with one attached hydrogen (secondary N) is 3. The Hall–Kier alpha value is -3.10. The number of carbonyl (C=O) groups is 2. The van der Waals surface area contributed by atoms with E-state index < -0.39 is 6.03 Å². The van der Waals surface area contributed by atoms with Crippen molar-refractivity contribution >= 4 is 51.4 Å². The average Bonchev–Trinajstić information content (AvgIpc) is 3.16. The van der Waals surface area contributed by atoms with E-state index in [1.54, 1.807) is 55.6 Å². The lowest BCUT2D eigenvalue weighted by molar-refractivity contribution is -0.116. The Bertz CT molecular complexity index is 974. The second-order valence-electron chi connectivity index (χ2n) is 6.01. The highest BCUT2D eigenvalue weighted by molar-refractivity contribution is 7.13. The first-order valence-corrected chi connectivity index (χ1v) is 9.99. The third kappa shape index (κ3) is 6.48. The van der Waals surface area contributed by atoms with Crippen LogP contribution in [0.25, 0.3) is 0 Å². The molecule has 150 valence electrons. The van der Waals surface area contributed by atoms with Gasteiger partial charge in [-0.1, -0.05) is 11.6 Å². The molecule has 3 N–H and O–H groups in total. The summed E-state index contributed by atoms with van der Waals surface area (Å²) in [6.07, 6.45) is 0.752. The zero-order valence-electron chi connectivity index (χ0n) is 15.6. The molecule has 0 aliphatic rings. The Balaban J connectivity index is 1.45. The van der Waals surface area contributed by atoms with Gasteiger partial charge in [-0.15, -0.1) is 11.3 Å². The molecule has 3 rings (SSSR count). The molecule has 0 saturated heterocycles. The van der Waals surface area contributed by atoms with E-state index in [-0.39, 0.29) is 12.3 Å². The number of carbonyl (C=O) groups excluding carboxylic acids is 2. The molecule has 0 bridgehead atoms. The van der Waals surface area contributed by atoms with Gasteiger partial charge in [0.15, 0.2) is 5.13 Å². The van der Waals surface area contributed by atoms with Crippen LogP contribution < -0.4 is 20.7 Å². The van der Waals surface area contributed by atoms with E-state index in [1.165, 1.54) is 11.3 Å². The van der Waals surface area contributed by atoms with E-state index in [9.17, 15) is 9.59 Å². The molecule has 0 aliphatic carbocycles. The monoisotopic (exact) mass is 430 g/mol. The van der Waals surface area contributed by atoms with Crippen molar-refractivity contribution in [3.8, 4) is 5.75 Å². The molecular weight excluding hydrogens is 412 g/mol. The number of anilines is 3. The maximum atomic E-state index is 12.1. The molecule has 3 aromatic rings. The number of hydrogen-bond acceptors (Lipinski definition) is 5. The Morgan fingerprint density at radius 3 is 2.34 bits per heavy atom. The summed E-state index contributed by atoms with van der Waals surface area (Å²) in [5, 5.41) is 11.1. The second-order valence-corrected chi connectivity index (χ2v) is 7.30. The largest absolute Gasteiger partial charge is 0.497 e. The fourth-order valence-corrected chi connectivity index (χ4v) is 3.28. The number of thiazole rings is 1. The van der Waals surface area contributed by atoms with Crippen LogP contribution in [-0.2, 0) is 11.2 Å². The SMILES string of the molecule is COc1ccc(NC(=O)Nc2nc(CCC(=O)Nc3ccc(Cl)cc3)cs2)cc1. The van der Waals surface area contributed by atoms with Crippen LogP contribution in [-0.4, -0.2) is 24.0 Å². The zero-order valence-corrected chi connectivity index (χ0v) is 17.1. The molecule has 7 nitrogen and oxygen atoms in total. The van der Waals surface area contributed by atoms with Crippen LogP contribution in [0.1, 0.15) is 12.1 Å². The summed E-state index contributed by atoms with van der Waals surface area (Å²) in [5.41, 5.74) is 2.06. The van der Waals surface area contributed by atoms with Gasteiger partial charge < -0.3 is 15.4 Å². The van der Waals surface area contributed by atoms with E-state index in [4.69, 9.17) is 16.3 Å². The number of amides is 3. The second kappa shape index (κ2) is 9.90. The molecule has 0 radical (unpaired) electrons. The molecule has 1 aromatic heterocycles. The molecule has 0 aliphatic heterocycles. The van der Waals surface area contributed by atoms with Crippen molar-refractivity contribution < 1.29 is 14.3 Å². The van der Waals surface area contributed by atoms with Crippen molar-refractivity contribution in [2.45, 2.75) is 12.8 Å². The lowest BCUT2D eigenvalue weighted by Crippen LogP contribution is -2.19. The first-order chi connectivity index (χ1) is 14.0. The maximum Gasteiger partial charge on any atom is 0.325 e. The average molecular weight is 431 g/mol. The summed E-state index contributed by atoms with van der Waals surface area (Å²) in [4.78, 5) is 28.5. The van der Waals surface area contributed by atoms with E-state index >= 15 is 0 Å². The number of urea groups is 1. The quantitative estimate of drug-likeness (QED) is 0.490. The molecule has 0 fully saturated rings. The molecule has 29 heavy (non-hydrogen) atoms. The van der Waals surface area contributed by atoms with Crippen LogP contribution in [0.4, 0.5) is 21.3 Å². The number of methoxy groups -OCH3 is 1. The van der Waals surface area contributed by atoms with Crippen LogP contribution in [0.2, 0.25) is 5.02 Å². The van der Waals surface area contributed by atoms with E-state index in [1.807, 2.05) is 5.38 Å². The smallest absolute Gasteiger partial charge is 0.325 e. The van der Waals surface area contributed by atoms with Crippen molar-refractivity contribution in [1.82, 2.24) is 4.98 Å². The van der Waals surface area contributed by atoms with E-state index in [0.717, 1.165) is 5.69 Å². The van der Waals surface area contributed by atoms with Gasteiger partial charge >= 0.3 is 6.03 Å². The van der Waals surface area contributed by atoms with Crippen LogP contribution in [0.15, 0.2) is 53.9 Å². The standard InChI is InChI=1S/C20H19ClN4O3S/c1-28-17-9-6-15(7-10-17)23-19(27)25-20-24-16(12-29-20)8-11-18(26)22-14-4-2-13(21)3-5-14/h2-7,9-10,12H,8,11H2,1H3,(H,22,26)(H2,23,24,25,27). The number of halogens is 1. The van der Waals surface area contributed by atoms with Gasteiger partial charge in [-0.3, -0.25) is 10.1 Å². The topological polar surface area (TPSA) is 92.3 Å². The van der Waals surface area contributed by atoms with Gasteiger partial charge in [-0.05, 0) is 55.0 Å². The van der Waals surface area contributed by atoms with Crippen molar-refractivity contribution in [3.05, 3.63) is 64.6 Å². The Morgan fingerprint density at radius 2 is 1.66 bits per heavy atom. The van der Waals surface area contributed by atoms with Crippen molar-refractivity contribution in [1.29, 1.82) is 0 Å². The number of ether oxygens (including phenoxy) is 1. The third-order valence-corrected chi connectivity index (χ3v) is 4.91. The number of rotatable bonds is 7. The summed E-state index contributed by atoms with van der Waals surface area (Å²) in [6, 6.07) is 13.5. The number of hydrogen-bond donors (Lipinski definition) is 3. The summed E-state index contributed by atoms with van der Waals surface area (Å²) in [7, 11) is 1.58.